The van der Waals surface area contributed by atoms with Gasteiger partial charge >= 0.3 is 6.18 Å². The van der Waals surface area contributed by atoms with Crippen molar-refractivity contribution in [1.82, 2.24) is 14.7 Å². The Morgan fingerprint density at radius 1 is 1.18 bits per heavy atom. The number of aromatic nitrogens is 2. The van der Waals surface area contributed by atoms with E-state index in [2.05, 4.69) is 5.10 Å². The highest BCUT2D eigenvalue weighted by atomic mass is 19.4. The van der Waals surface area contributed by atoms with Crippen LogP contribution >= 0.6 is 0 Å². The molecule has 1 aliphatic heterocycles. The fourth-order valence-electron chi connectivity index (χ4n) is 3.22. The lowest BCUT2D eigenvalue weighted by Crippen LogP contribution is -2.48. The van der Waals surface area contributed by atoms with Crippen molar-refractivity contribution in [3.8, 4) is 6.07 Å². The van der Waals surface area contributed by atoms with Crippen molar-refractivity contribution in [2.24, 2.45) is 0 Å². The molecule has 148 valence electrons. The van der Waals surface area contributed by atoms with Crippen LogP contribution in [-0.4, -0.2) is 40.9 Å². The molecule has 1 aromatic carbocycles. The summed E-state index contributed by atoms with van der Waals surface area (Å²) in [5, 5.41) is 13.5. The molecule has 2 heterocycles. The van der Waals surface area contributed by atoms with Crippen LogP contribution in [0.1, 0.15) is 22.4 Å². The average molecular weight is 391 g/mol. The third-order valence-electron chi connectivity index (χ3n) is 4.99. The number of nitriles is 1. The maximum absolute atomic E-state index is 12.9. The minimum Gasteiger partial charge on any atom is -0.369 e. The van der Waals surface area contributed by atoms with Crippen LogP contribution < -0.4 is 10.5 Å². The summed E-state index contributed by atoms with van der Waals surface area (Å²) in [6, 6.07) is 7.23. The van der Waals surface area contributed by atoms with Crippen LogP contribution in [0.25, 0.3) is 0 Å². The summed E-state index contributed by atoms with van der Waals surface area (Å²) in [6.07, 6.45) is -4.37. The zero-order chi connectivity index (χ0) is 20.5. The summed E-state index contributed by atoms with van der Waals surface area (Å²) in [7, 11) is 0. The van der Waals surface area contributed by atoms with Crippen LogP contribution in [0.2, 0.25) is 0 Å². The van der Waals surface area contributed by atoms with E-state index in [1.165, 1.54) is 10.7 Å². The van der Waals surface area contributed by atoms with Crippen LogP contribution in [0, 0.1) is 25.2 Å². The lowest BCUT2D eigenvalue weighted by atomic mass is 10.1. The monoisotopic (exact) mass is 391 g/mol. The first-order chi connectivity index (χ1) is 13.2. The normalized spacial score (nSPS) is 15.5. The number of halogens is 3. The molecule has 28 heavy (non-hydrogen) atoms. The zero-order valence-corrected chi connectivity index (χ0v) is 15.6. The first kappa shape index (κ1) is 19.9. The van der Waals surface area contributed by atoms with Crippen LogP contribution in [-0.2, 0) is 12.8 Å². The number of anilines is 1. The predicted octanol–water partition coefficient (Wildman–Crippen LogP) is 2.53. The van der Waals surface area contributed by atoms with Crippen molar-refractivity contribution >= 4 is 5.69 Å². The fraction of sp³-hybridized carbons (Fsp3) is 0.421. The molecular weight excluding hydrogens is 371 g/mol. The number of piperazine rings is 1. The fourth-order valence-corrected chi connectivity index (χ4v) is 3.22. The van der Waals surface area contributed by atoms with Crippen molar-refractivity contribution in [3.05, 3.63) is 57.0 Å². The minimum absolute atomic E-state index is 0.0927. The Hall–Kier alpha value is -2.86. The van der Waals surface area contributed by atoms with Gasteiger partial charge in [-0.1, -0.05) is 6.07 Å². The Morgan fingerprint density at radius 2 is 1.86 bits per heavy atom. The number of aryl methyl sites for hydroxylation is 1. The summed E-state index contributed by atoms with van der Waals surface area (Å²) in [5.74, 6) is 0. The van der Waals surface area contributed by atoms with Gasteiger partial charge in [-0.15, -0.1) is 0 Å². The van der Waals surface area contributed by atoms with Crippen molar-refractivity contribution in [3.63, 3.8) is 0 Å². The maximum Gasteiger partial charge on any atom is 0.416 e. The molecule has 0 radical (unpaired) electrons. The van der Waals surface area contributed by atoms with Gasteiger partial charge in [-0.3, -0.25) is 9.69 Å². The van der Waals surface area contributed by atoms with E-state index in [-0.39, 0.29) is 12.2 Å². The smallest absolute Gasteiger partial charge is 0.369 e. The molecule has 0 saturated carbocycles. The predicted molar refractivity (Wildman–Crippen MR) is 97.9 cm³/mol. The second-order valence-corrected chi connectivity index (χ2v) is 6.80. The molecule has 0 aliphatic carbocycles. The molecule has 1 fully saturated rings. The second-order valence-electron chi connectivity index (χ2n) is 6.80. The lowest BCUT2D eigenvalue weighted by molar-refractivity contribution is -0.137. The van der Waals surface area contributed by atoms with Gasteiger partial charge in [0.1, 0.15) is 11.6 Å². The summed E-state index contributed by atoms with van der Waals surface area (Å²) in [5.41, 5.74) is 0.739. The molecule has 1 saturated heterocycles. The minimum atomic E-state index is -4.37. The van der Waals surface area contributed by atoms with Gasteiger partial charge in [0.15, 0.2) is 0 Å². The van der Waals surface area contributed by atoms with E-state index in [4.69, 9.17) is 0 Å². The van der Waals surface area contributed by atoms with Crippen molar-refractivity contribution < 1.29 is 13.2 Å². The Kier molecular flexibility index (Phi) is 5.42. The third kappa shape index (κ3) is 4.02. The quantitative estimate of drug-likeness (QED) is 0.805. The van der Waals surface area contributed by atoms with Gasteiger partial charge in [0, 0.05) is 31.9 Å². The van der Waals surface area contributed by atoms with E-state index in [0.29, 0.717) is 43.1 Å². The average Bonchev–Trinajstić information content (AvgIpc) is 2.67. The SMILES string of the molecule is Cc1nn(CN2CCN(c3cccc(C(F)(F)F)c3)CC2)c(=O)c(C#N)c1C. The van der Waals surface area contributed by atoms with Crippen LogP contribution in [0.3, 0.4) is 0 Å². The number of rotatable bonds is 3. The first-order valence-electron chi connectivity index (χ1n) is 8.83. The zero-order valence-electron chi connectivity index (χ0n) is 15.6. The van der Waals surface area contributed by atoms with Crippen LogP contribution in [0.5, 0.6) is 0 Å². The Morgan fingerprint density at radius 3 is 2.46 bits per heavy atom. The number of alkyl halides is 3. The van der Waals surface area contributed by atoms with Crippen LogP contribution in [0.4, 0.5) is 18.9 Å². The molecule has 1 aromatic heterocycles. The summed E-state index contributed by atoms with van der Waals surface area (Å²) < 4.78 is 40.0. The number of benzene rings is 1. The van der Waals surface area contributed by atoms with E-state index in [1.54, 1.807) is 19.9 Å². The van der Waals surface area contributed by atoms with E-state index in [0.717, 1.165) is 12.1 Å². The molecule has 0 atom stereocenters. The van der Waals surface area contributed by atoms with Crippen molar-refractivity contribution in [1.29, 1.82) is 5.26 Å². The second kappa shape index (κ2) is 7.64. The highest BCUT2D eigenvalue weighted by Crippen LogP contribution is 2.31. The number of hydrogen-bond donors (Lipinski definition) is 0. The van der Waals surface area contributed by atoms with Crippen LogP contribution in [0.15, 0.2) is 29.1 Å². The van der Waals surface area contributed by atoms with Gasteiger partial charge in [0.25, 0.3) is 5.56 Å². The standard InChI is InChI=1S/C19H20F3N5O/c1-13-14(2)24-27(18(28)17(13)11-23)12-25-6-8-26(9-7-25)16-5-3-4-15(10-16)19(20,21)22/h3-5,10H,6-9,12H2,1-2H3. The van der Waals surface area contributed by atoms with E-state index in [1.807, 2.05) is 15.9 Å². The first-order valence-corrected chi connectivity index (χ1v) is 8.83. The maximum atomic E-state index is 12.9. The lowest BCUT2D eigenvalue weighted by Gasteiger charge is -2.36. The molecule has 0 unspecified atom stereocenters. The van der Waals surface area contributed by atoms with Crippen molar-refractivity contribution in [2.75, 3.05) is 31.1 Å². The summed E-state index contributed by atoms with van der Waals surface area (Å²) in [6.45, 7) is 5.89. The molecule has 0 N–H and O–H groups in total. The molecule has 1 aliphatic rings. The molecule has 6 nitrogen and oxygen atoms in total. The van der Waals surface area contributed by atoms with E-state index < -0.39 is 17.3 Å². The highest BCUT2D eigenvalue weighted by molar-refractivity contribution is 5.49. The van der Waals surface area contributed by atoms with Gasteiger partial charge in [-0.25, -0.2) is 4.68 Å². The van der Waals surface area contributed by atoms with Gasteiger partial charge in [0.2, 0.25) is 0 Å². The number of nitrogens with zero attached hydrogens (tertiary/aromatic N) is 5. The molecule has 9 heteroatoms. The van der Waals surface area contributed by atoms with Gasteiger partial charge in [-0.2, -0.15) is 23.5 Å². The van der Waals surface area contributed by atoms with Gasteiger partial charge in [-0.05, 0) is 37.6 Å². The molecule has 0 bridgehead atoms. The molecule has 2 aromatic rings. The largest absolute Gasteiger partial charge is 0.416 e. The molecule has 3 rings (SSSR count). The van der Waals surface area contributed by atoms with Gasteiger partial charge in [0.05, 0.1) is 17.9 Å². The topological polar surface area (TPSA) is 65.2 Å². The van der Waals surface area contributed by atoms with Crippen molar-refractivity contribution in [2.45, 2.75) is 26.7 Å². The number of hydrogen-bond acceptors (Lipinski definition) is 5. The van der Waals surface area contributed by atoms with E-state index >= 15 is 0 Å². The third-order valence-corrected chi connectivity index (χ3v) is 4.99. The Balaban J connectivity index is 1.70. The summed E-state index contributed by atoms with van der Waals surface area (Å²) >= 11 is 0. The highest BCUT2D eigenvalue weighted by Gasteiger charge is 2.31. The molecule has 0 spiro atoms. The summed E-state index contributed by atoms with van der Waals surface area (Å²) in [4.78, 5) is 16.3. The molecular formula is C19H20F3N5O. The van der Waals surface area contributed by atoms with Gasteiger partial charge < -0.3 is 4.90 Å². The molecule has 0 amide bonds. The Bertz CT molecular complexity index is 969. The Labute approximate surface area is 160 Å². The van der Waals surface area contributed by atoms with E-state index in [9.17, 15) is 23.2 Å².